The molecule has 6 aromatic rings. The second-order valence-corrected chi connectivity index (χ2v) is 9.26. The minimum Gasteiger partial charge on any atom is -0.423 e. The molecule has 0 aromatic heterocycles. The van der Waals surface area contributed by atoms with Crippen molar-refractivity contribution in [2.24, 2.45) is 0 Å². The summed E-state index contributed by atoms with van der Waals surface area (Å²) >= 11 is 0. The van der Waals surface area contributed by atoms with Gasteiger partial charge < -0.3 is 14.9 Å². The molecular formula is C34H26BNO2. The van der Waals surface area contributed by atoms with E-state index in [2.05, 4.69) is 102 Å². The van der Waals surface area contributed by atoms with Gasteiger partial charge in [0.05, 0.1) is 5.69 Å². The molecule has 0 fully saturated rings. The normalized spacial score (nSPS) is 10.9. The molecule has 0 unspecified atom stereocenters. The lowest BCUT2D eigenvalue weighted by molar-refractivity contribution is 0.426. The Balaban J connectivity index is 1.48. The number of nitrogens with zero attached hydrogens (tertiary/aromatic N) is 1. The fourth-order valence-electron chi connectivity index (χ4n) is 5.02. The third-order valence-corrected chi connectivity index (χ3v) is 6.91. The van der Waals surface area contributed by atoms with Gasteiger partial charge in [0.25, 0.3) is 0 Å². The maximum atomic E-state index is 9.64. The first-order valence-electron chi connectivity index (χ1n) is 12.7. The molecule has 0 heterocycles. The first kappa shape index (κ1) is 23.7. The number of fused-ring (bicyclic) bond motifs is 1. The van der Waals surface area contributed by atoms with E-state index in [4.69, 9.17) is 0 Å². The largest absolute Gasteiger partial charge is 0.488 e. The highest BCUT2D eigenvalue weighted by atomic mass is 16.4. The van der Waals surface area contributed by atoms with E-state index in [0.29, 0.717) is 5.46 Å². The van der Waals surface area contributed by atoms with Crippen LogP contribution in [0, 0.1) is 0 Å². The summed E-state index contributed by atoms with van der Waals surface area (Å²) < 4.78 is 0. The highest BCUT2D eigenvalue weighted by molar-refractivity contribution is 6.58. The molecular weight excluding hydrogens is 465 g/mol. The van der Waals surface area contributed by atoms with Crippen molar-refractivity contribution in [2.45, 2.75) is 0 Å². The van der Waals surface area contributed by atoms with Crippen molar-refractivity contribution in [2.75, 3.05) is 4.90 Å². The predicted octanol–water partition coefficient (Wildman–Crippen LogP) is 7.32. The fourth-order valence-corrected chi connectivity index (χ4v) is 5.02. The molecule has 38 heavy (non-hydrogen) atoms. The summed E-state index contributed by atoms with van der Waals surface area (Å²) in [6.45, 7) is 0. The lowest BCUT2D eigenvalue weighted by Crippen LogP contribution is -2.29. The molecule has 2 N–H and O–H groups in total. The second kappa shape index (κ2) is 10.4. The van der Waals surface area contributed by atoms with E-state index in [1.54, 1.807) is 12.1 Å². The van der Waals surface area contributed by atoms with Gasteiger partial charge in [0.2, 0.25) is 0 Å². The average molecular weight is 491 g/mol. The maximum Gasteiger partial charge on any atom is 0.488 e. The van der Waals surface area contributed by atoms with E-state index in [1.807, 2.05) is 36.4 Å². The first-order valence-corrected chi connectivity index (χ1v) is 12.7. The van der Waals surface area contributed by atoms with Gasteiger partial charge in [0.1, 0.15) is 0 Å². The average Bonchev–Trinajstić information content (AvgIpc) is 2.98. The number of hydrogen-bond donors (Lipinski definition) is 2. The molecule has 0 bridgehead atoms. The molecule has 0 spiro atoms. The third-order valence-electron chi connectivity index (χ3n) is 6.91. The molecule has 3 nitrogen and oxygen atoms in total. The number of hydrogen-bond acceptors (Lipinski definition) is 3. The highest BCUT2D eigenvalue weighted by Gasteiger charge is 2.18. The maximum absolute atomic E-state index is 9.64. The molecule has 0 radical (unpaired) electrons. The van der Waals surface area contributed by atoms with E-state index < -0.39 is 7.12 Å². The van der Waals surface area contributed by atoms with E-state index in [1.165, 1.54) is 16.3 Å². The SMILES string of the molecule is OB(O)c1ccc(N(c2ccc(-c3cccc4ccccc34)cc2)c2ccccc2-c2ccccc2)cc1. The van der Waals surface area contributed by atoms with Crippen molar-refractivity contribution in [3.8, 4) is 22.3 Å². The molecule has 6 rings (SSSR count). The molecule has 4 heteroatoms. The van der Waals surface area contributed by atoms with Gasteiger partial charge in [-0.15, -0.1) is 0 Å². The van der Waals surface area contributed by atoms with E-state index >= 15 is 0 Å². The summed E-state index contributed by atoms with van der Waals surface area (Å²) in [6.07, 6.45) is 0. The molecule has 0 amide bonds. The van der Waals surface area contributed by atoms with E-state index in [0.717, 1.165) is 33.8 Å². The Labute approximate surface area is 223 Å². The van der Waals surface area contributed by atoms with Crippen LogP contribution < -0.4 is 10.4 Å². The Hall–Kier alpha value is -4.64. The predicted molar refractivity (Wildman–Crippen MR) is 159 cm³/mol. The van der Waals surface area contributed by atoms with Crippen LogP contribution in [0.25, 0.3) is 33.0 Å². The molecule has 6 aromatic carbocycles. The third kappa shape index (κ3) is 4.59. The summed E-state index contributed by atoms with van der Waals surface area (Å²) in [4.78, 5) is 2.21. The summed E-state index contributed by atoms with van der Waals surface area (Å²) in [6, 6.07) is 49.6. The van der Waals surface area contributed by atoms with Gasteiger partial charge in [0.15, 0.2) is 0 Å². The minimum absolute atomic E-state index is 0.455. The zero-order valence-corrected chi connectivity index (χ0v) is 20.8. The van der Waals surface area contributed by atoms with Crippen LogP contribution in [0.4, 0.5) is 17.1 Å². The van der Waals surface area contributed by atoms with Crippen molar-refractivity contribution in [1.29, 1.82) is 0 Å². The highest BCUT2D eigenvalue weighted by Crippen LogP contribution is 2.41. The fraction of sp³-hybridized carbons (Fsp3) is 0. The zero-order valence-electron chi connectivity index (χ0n) is 20.8. The van der Waals surface area contributed by atoms with Gasteiger partial charge in [-0.1, -0.05) is 115 Å². The van der Waals surface area contributed by atoms with Crippen LogP contribution in [-0.4, -0.2) is 17.2 Å². The van der Waals surface area contributed by atoms with Crippen molar-refractivity contribution in [3.05, 3.63) is 146 Å². The molecule has 0 aliphatic rings. The Morgan fingerprint density at radius 2 is 1.00 bits per heavy atom. The van der Waals surface area contributed by atoms with Crippen molar-refractivity contribution in [3.63, 3.8) is 0 Å². The Morgan fingerprint density at radius 1 is 0.447 bits per heavy atom. The van der Waals surface area contributed by atoms with Gasteiger partial charge in [-0.05, 0) is 63.3 Å². The van der Waals surface area contributed by atoms with Crippen LogP contribution in [0.15, 0.2) is 146 Å². The number of benzene rings is 6. The zero-order chi connectivity index (χ0) is 25.9. The van der Waals surface area contributed by atoms with Crippen LogP contribution in [0.3, 0.4) is 0 Å². The monoisotopic (exact) mass is 491 g/mol. The summed E-state index contributed by atoms with van der Waals surface area (Å²) in [5.41, 5.74) is 8.02. The summed E-state index contributed by atoms with van der Waals surface area (Å²) in [5.74, 6) is 0. The summed E-state index contributed by atoms with van der Waals surface area (Å²) in [7, 11) is -1.51. The topological polar surface area (TPSA) is 43.7 Å². The molecule has 0 saturated heterocycles. The Kier molecular flexibility index (Phi) is 6.49. The summed E-state index contributed by atoms with van der Waals surface area (Å²) in [5, 5.41) is 21.7. The quantitative estimate of drug-likeness (QED) is 0.240. The van der Waals surface area contributed by atoms with Crippen molar-refractivity contribution in [1.82, 2.24) is 0 Å². The standard InChI is InChI=1S/C34H26BNO2/c37-35(38)28-19-23-30(24-20-28)36(34-16-7-6-14-33(34)26-9-2-1-3-10-26)29-21-17-27(18-22-29)32-15-8-12-25-11-4-5-13-31(25)32/h1-24,37-38H. The number of rotatable bonds is 6. The van der Waals surface area contributed by atoms with Gasteiger partial charge >= 0.3 is 7.12 Å². The Bertz CT molecular complexity index is 1680. The van der Waals surface area contributed by atoms with Gasteiger partial charge in [-0.25, -0.2) is 0 Å². The second-order valence-electron chi connectivity index (χ2n) is 9.26. The molecule has 0 saturated carbocycles. The van der Waals surface area contributed by atoms with Crippen LogP contribution >= 0.6 is 0 Å². The van der Waals surface area contributed by atoms with Gasteiger partial charge in [-0.3, -0.25) is 0 Å². The number of anilines is 3. The Morgan fingerprint density at radius 3 is 1.74 bits per heavy atom. The molecule has 0 aliphatic heterocycles. The van der Waals surface area contributed by atoms with Crippen LogP contribution in [0.2, 0.25) is 0 Å². The molecule has 0 aliphatic carbocycles. The van der Waals surface area contributed by atoms with Gasteiger partial charge in [0, 0.05) is 16.9 Å². The van der Waals surface area contributed by atoms with E-state index in [-0.39, 0.29) is 0 Å². The van der Waals surface area contributed by atoms with Crippen LogP contribution in [0.5, 0.6) is 0 Å². The molecule has 0 atom stereocenters. The first-order chi connectivity index (χ1) is 18.7. The van der Waals surface area contributed by atoms with Crippen LogP contribution in [-0.2, 0) is 0 Å². The van der Waals surface area contributed by atoms with Gasteiger partial charge in [-0.2, -0.15) is 0 Å². The van der Waals surface area contributed by atoms with Crippen LogP contribution in [0.1, 0.15) is 0 Å². The lowest BCUT2D eigenvalue weighted by Gasteiger charge is -2.28. The van der Waals surface area contributed by atoms with E-state index in [9.17, 15) is 10.0 Å². The number of para-hydroxylation sites is 1. The smallest absolute Gasteiger partial charge is 0.423 e. The minimum atomic E-state index is -1.51. The van der Waals surface area contributed by atoms with Crippen molar-refractivity contribution >= 4 is 40.4 Å². The van der Waals surface area contributed by atoms with Crippen molar-refractivity contribution < 1.29 is 10.0 Å². The molecule has 182 valence electrons. The lowest BCUT2D eigenvalue weighted by atomic mass is 9.80.